The van der Waals surface area contributed by atoms with E-state index in [9.17, 15) is 9.59 Å². The number of hydrogen-bond donors (Lipinski definition) is 1. The van der Waals surface area contributed by atoms with Gasteiger partial charge in [-0.15, -0.1) is 5.10 Å². The smallest absolute Gasteiger partial charge is 0.410 e. The maximum absolute atomic E-state index is 12.4. The molecule has 4 rings (SSSR count). The molecule has 0 bridgehead atoms. The number of ether oxygens (including phenoxy) is 1. The lowest BCUT2D eigenvalue weighted by Gasteiger charge is -2.37. The molecular weight excluding hydrogens is 366 g/mol. The summed E-state index contributed by atoms with van der Waals surface area (Å²) in [5.74, 6) is -0.165. The molecule has 2 aliphatic rings. The second-order valence-electron chi connectivity index (χ2n) is 7.12. The Kier molecular flexibility index (Phi) is 4.79. The van der Waals surface area contributed by atoms with Crippen molar-refractivity contribution in [3.63, 3.8) is 0 Å². The van der Waals surface area contributed by atoms with Crippen molar-refractivity contribution in [3.05, 3.63) is 41.6 Å². The normalized spacial score (nSPS) is 19.3. The van der Waals surface area contributed by atoms with Crippen molar-refractivity contribution in [2.75, 3.05) is 32.0 Å². The molecule has 0 unspecified atom stereocenters. The molecule has 1 aromatic heterocycles. The van der Waals surface area contributed by atoms with E-state index >= 15 is 0 Å². The van der Waals surface area contributed by atoms with Gasteiger partial charge < -0.3 is 15.0 Å². The summed E-state index contributed by atoms with van der Waals surface area (Å²) in [6, 6.07) is 7.64. The molecular formula is C18H21N5O3S. The summed E-state index contributed by atoms with van der Waals surface area (Å²) in [5.41, 5.74) is 1.37. The van der Waals surface area contributed by atoms with E-state index in [1.807, 2.05) is 18.2 Å². The van der Waals surface area contributed by atoms with Gasteiger partial charge in [0.15, 0.2) is 0 Å². The Hall–Kier alpha value is -2.52. The lowest BCUT2D eigenvalue weighted by atomic mass is 9.91. The fourth-order valence-corrected chi connectivity index (χ4v) is 4.06. The molecule has 3 heterocycles. The third kappa shape index (κ3) is 3.93. The largest absolute Gasteiger partial charge is 0.441 e. The predicted molar refractivity (Wildman–Crippen MR) is 101 cm³/mol. The van der Waals surface area contributed by atoms with Gasteiger partial charge in [0.1, 0.15) is 10.6 Å². The molecule has 1 aromatic carbocycles. The molecule has 1 N–H and O–H groups in total. The molecule has 0 saturated carbocycles. The van der Waals surface area contributed by atoms with Crippen molar-refractivity contribution in [1.82, 2.24) is 19.4 Å². The van der Waals surface area contributed by atoms with Gasteiger partial charge in [0.25, 0.3) is 5.91 Å². The lowest BCUT2D eigenvalue weighted by molar-refractivity contribution is -0.00119. The monoisotopic (exact) mass is 387 g/mol. The van der Waals surface area contributed by atoms with E-state index in [1.165, 1.54) is 6.20 Å². The second kappa shape index (κ2) is 7.24. The number of rotatable bonds is 4. The number of hydrogen-bond acceptors (Lipinski definition) is 7. The number of likely N-dealkylation sites (N-methyl/N-ethyl adjacent to an activating group) is 1. The molecule has 2 fully saturated rings. The average molecular weight is 387 g/mol. The van der Waals surface area contributed by atoms with Crippen LogP contribution in [0.1, 0.15) is 28.8 Å². The number of amides is 2. The van der Waals surface area contributed by atoms with Crippen LogP contribution in [0.2, 0.25) is 0 Å². The number of nitrogens with zero attached hydrogens (tertiary/aromatic N) is 4. The van der Waals surface area contributed by atoms with Crippen LogP contribution < -0.4 is 5.32 Å². The molecule has 9 heteroatoms. The van der Waals surface area contributed by atoms with E-state index in [1.54, 1.807) is 18.0 Å². The lowest BCUT2D eigenvalue weighted by Crippen LogP contribution is -2.46. The maximum atomic E-state index is 12.4. The predicted octanol–water partition coefficient (Wildman–Crippen LogP) is 2.21. The Morgan fingerprint density at radius 2 is 2.19 bits per heavy atom. The first kappa shape index (κ1) is 17.9. The van der Waals surface area contributed by atoms with E-state index in [-0.39, 0.29) is 17.6 Å². The van der Waals surface area contributed by atoms with Crippen LogP contribution in [0.4, 0.5) is 9.80 Å². The van der Waals surface area contributed by atoms with Crippen molar-refractivity contribution in [2.24, 2.45) is 0 Å². The van der Waals surface area contributed by atoms with Gasteiger partial charge in [-0.25, -0.2) is 4.79 Å². The Bertz CT molecular complexity index is 833. The third-order valence-corrected chi connectivity index (χ3v) is 5.68. The van der Waals surface area contributed by atoms with Gasteiger partial charge in [0.2, 0.25) is 0 Å². The summed E-state index contributed by atoms with van der Waals surface area (Å²) >= 11 is 1.15. The summed E-state index contributed by atoms with van der Waals surface area (Å²) in [5, 5.41) is 7.14. The van der Waals surface area contributed by atoms with E-state index < -0.39 is 0 Å². The molecule has 8 nitrogen and oxygen atoms in total. The standard InChI is InChI=1S/C18H21N5O3S/c1-22-12-18(26-17(22)25)5-7-23(8-6-18)11-13-3-2-4-14(9-13)16(24)20-15-10-19-21-27-15/h2-4,9-10H,5-8,11-12H2,1H3,(H,20,24). The Morgan fingerprint density at radius 3 is 2.85 bits per heavy atom. The maximum Gasteiger partial charge on any atom is 0.410 e. The zero-order valence-electron chi connectivity index (χ0n) is 15.1. The molecule has 2 aliphatic heterocycles. The second-order valence-corrected chi connectivity index (χ2v) is 7.91. The third-order valence-electron chi connectivity index (χ3n) is 5.10. The summed E-state index contributed by atoms with van der Waals surface area (Å²) in [6.07, 6.45) is 2.98. The molecule has 1 spiro atoms. The fraction of sp³-hybridized carbons (Fsp3) is 0.444. The Labute approximate surface area is 161 Å². The van der Waals surface area contributed by atoms with Crippen LogP contribution in [-0.4, -0.2) is 63.7 Å². The van der Waals surface area contributed by atoms with Crippen molar-refractivity contribution in [1.29, 1.82) is 0 Å². The van der Waals surface area contributed by atoms with Crippen molar-refractivity contribution >= 4 is 28.5 Å². The van der Waals surface area contributed by atoms with E-state index in [4.69, 9.17) is 4.74 Å². The molecule has 27 heavy (non-hydrogen) atoms. The number of anilines is 1. The van der Waals surface area contributed by atoms with Gasteiger partial charge in [-0.2, -0.15) is 0 Å². The van der Waals surface area contributed by atoms with Crippen molar-refractivity contribution in [3.8, 4) is 0 Å². The van der Waals surface area contributed by atoms with E-state index in [0.717, 1.165) is 49.6 Å². The first-order valence-corrected chi connectivity index (χ1v) is 9.64. The van der Waals surface area contributed by atoms with Gasteiger partial charge in [-0.05, 0) is 17.7 Å². The van der Waals surface area contributed by atoms with Crippen LogP contribution in [0.15, 0.2) is 30.5 Å². The van der Waals surface area contributed by atoms with Gasteiger partial charge in [0, 0.05) is 56.6 Å². The fourth-order valence-electron chi connectivity index (χ4n) is 3.65. The van der Waals surface area contributed by atoms with E-state index in [0.29, 0.717) is 17.1 Å². The molecule has 2 amide bonds. The number of carbonyl (C=O) groups excluding carboxylic acids is 2. The van der Waals surface area contributed by atoms with Crippen LogP contribution in [0.25, 0.3) is 0 Å². The number of piperidine rings is 1. The molecule has 2 aromatic rings. The minimum Gasteiger partial charge on any atom is -0.441 e. The van der Waals surface area contributed by atoms with Crippen molar-refractivity contribution < 1.29 is 14.3 Å². The van der Waals surface area contributed by atoms with Gasteiger partial charge >= 0.3 is 6.09 Å². The van der Waals surface area contributed by atoms with Crippen LogP contribution in [0, 0.1) is 0 Å². The summed E-state index contributed by atoms with van der Waals surface area (Å²) in [7, 11) is 1.78. The van der Waals surface area contributed by atoms with Crippen LogP contribution >= 0.6 is 11.5 Å². The summed E-state index contributed by atoms with van der Waals surface area (Å²) < 4.78 is 9.34. The Morgan fingerprint density at radius 1 is 1.37 bits per heavy atom. The average Bonchev–Trinajstić information content (AvgIpc) is 3.26. The number of likely N-dealkylation sites (tertiary alicyclic amines) is 1. The van der Waals surface area contributed by atoms with Crippen LogP contribution in [0.3, 0.4) is 0 Å². The van der Waals surface area contributed by atoms with Crippen LogP contribution in [0.5, 0.6) is 0 Å². The minimum atomic E-state index is -0.327. The quantitative estimate of drug-likeness (QED) is 0.865. The number of nitrogens with one attached hydrogen (secondary N) is 1. The van der Waals surface area contributed by atoms with E-state index in [2.05, 4.69) is 19.8 Å². The number of benzene rings is 1. The number of aromatic nitrogens is 2. The highest BCUT2D eigenvalue weighted by atomic mass is 32.1. The molecule has 2 saturated heterocycles. The zero-order valence-corrected chi connectivity index (χ0v) is 15.9. The topological polar surface area (TPSA) is 87.7 Å². The van der Waals surface area contributed by atoms with Gasteiger partial charge in [-0.3, -0.25) is 9.69 Å². The minimum absolute atomic E-state index is 0.165. The molecule has 0 atom stereocenters. The number of carbonyl (C=O) groups is 2. The molecule has 142 valence electrons. The highest BCUT2D eigenvalue weighted by Crippen LogP contribution is 2.33. The summed E-state index contributed by atoms with van der Waals surface area (Å²) in [4.78, 5) is 28.0. The first-order chi connectivity index (χ1) is 13.0. The Balaban J connectivity index is 1.35. The van der Waals surface area contributed by atoms with Gasteiger partial charge in [0.05, 0.1) is 12.7 Å². The first-order valence-electron chi connectivity index (χ1n) is 8.87. The van der Waals surface area contributed by atoms with Crippen molar-refractivity contribution in [2.45, 2.75) is 25.0 Å². The molecule has 0 radical (unpaired) electrons. The van der Waals surface area contributed by atoms with Crippen LogP contribution in [-0.2, 0) is 11.3 Å². The summed E-state index contributed by atoms with van der Waals surface area (Å²) in [6.45, 7) is 3.17. The molecule has 0 aliphatic carbocycles. The zero-order chi connectivity index (χ0) is 18.9. The SMILES string of the molecule is CN1CC2(CCN(Cc3cccc(C(=O)Nc4cnns4)c3)CC2)OC1=O. The van der Waals surface area contributed by atoms with Gasteiger partial charge in [-0.1, -0.05) is 16.6 Å². The highest BCUT2D eigenvalue weighted by Gasteiger charge is 2.45. The highest BCUT2D eigenvalue weighted by molar-refractivity contribution is 7.10.